The standard InChI is InChI=1S/C18H33N3/c1-6-21-18(10-15(5)20-21)11-17-9-14(4)7-8-16(17)12-19-13(2)3/h10,13-14,16-17,19H,6-9,11-12H2,1-5H3. The van der Waals surface area contributed by atoms with Crippen molar-refractivity contribution in [3.05, 3.63) is 17.5 Å². The fourth-order valence-corrected chi connectivity index (χ4v) is 3.77. The lowest BCUT2D eigenvalue weighted by molar-refractivity contribution is 0.178. The molecule has 3 heteroatoms. The maximum atomic E-state index is 4.61. The van der Waals surface area contributed by atoms with Gasteiger partial charge < -0.3 is 5.32 Å². The normalized spacial score (nSPS) is 26.5. The lowest BCUT2D eigenvalue weighted by Crippen LogP contribution is -2.36. The van der Waals surface area contributed by atoms with Crippen molar-refractivity contribution >= 4 is 0 Å². The van der Waals surface area contributed by atoms with Crippen molar-refractivity contribution in [1.82, 2.24) is 15.1 Å². The van der Waals surface area contributed by atoms with Crippen molar-refractivity contribution in [2.45, 2.75) is 72.9 Å². The molecule has 0 aromatic carbocycles. The molecular formula is C18H33N3. The van der Waals surface area contributed by atoms with E-state index in [0.717, 1.165) is 30.0 Å². The molecule has 1 aromatic rings. The van der Waals surface area contributed by atoms with Crippen molar-refractivity contribution < 1.29 is 0 Å². The van der Waals surface area contributed by atoms with E-state index in [1.165, 1.54) is 37.9 Å². The first-order chi connectivity index (χ1) is 9.99. The lowest BCUT2D eigenvalue weighted by atomic mass is 9.72. The van der Waals surface area contributed by atoms with E-state index in [1.807, 2.05) is 0 Å². The maximum Gasteiger partial charge on any atom is 0.0596 e. The largest absolute Gasteiger partial charge is 0.314 e. The van der Waals surface area contributed by atoms with Crippen LogP contribution in [-0.4, -0.2) is 22.4 Å². The SMILES string of the molecule is CCn1nc(C)cc1CC1CC(C)CCC1CNC(C)C. The Bertz CT molecular complexity index is 436. The Kier molecular flexibility index (Phi) is 5.86. The number of nitrogens with one attached hydrogen (secondary N) is 1. The fourth-order valence-electron chi connectivity index (χ4n) is 3.77. The second kappa shape index (κ2) is 7.44. The number of rotatable bonds is 6. The lowest BCUT2D eigenvalue weighted by Gasteiger charge is -2.35. The minimum Gasteiger partial charge on any atom is -0.314 e. The van der Waals surface area contributed by atoms with E-state index >= 15 is 0 Å². The number of aryl methyl sites for hydroxylation is 2. The molecule has 3 nitrogen and oxygen atoms in total. The molecule has 120 valence electrons. The Morgan fingerprint density at radius 1 is 1.33 bits per heavy atom. The second-order valence-corrected chi connectivity index (χ2v) is 7.30. The van der Waals surface area contributed by atoms with Crippen molar-refractivity contribution in [2.24, 2.45) is 17.8 Å². The van der Waals surface area contributed by atoms with E-state index in [4.69, 9.17) is 0 Å². The van der Waals surface area contributed by atoms with Crippen LogP contribution in [0.2, 0.25) is 0 Å². The Labute approximate surface area is 130 Å². The molecule has 3 unspecified atom stereocenters. The van der Waals surface area contributed by atoms with Gasteiger partial charge in [0.05, 0.1) is 5.69 Å². The Morgan fingerprint density at radius 2 is 2.10 bits per heavy atom. The van der Waals surface area contributed by atoms with E-state index in [1.54, 1.807) is 0 Å². The van der Waals surface area contributed by atoms with Gasteiger partial charge in [-0.15, -0.1) is 0 Å². The van der Waals surface area contributed by atoms with Crippen LogP contribution in [0.25, 0.3) is 0 Å². The van der Waals surface area contributed by atoms with Gasteiger partial charge >= 0.3 is 0 Å². The van der Waals surface area contributed by atoms with Crippen LogP contribution in [0.15, 0.2) is 6.07 Å². The predicted molar refractivity (Wildman–Crippen MR) is 89.5 cm³/mol. The molecule has 0 bridgehead atoms. The molecule has 1 fully saturated rings. The number of hydrogen-bond acceptors (Lipinski definition) is 2. The highest BCUT2D eigenvalue weighted by Crippen LogP contribution is 2.35. The Morgan fingerprint density at radius 3 is 2.76 bits per heavy atom. The Balaban J connectivity index is 2.05. The van der Waals surface area contributed by atoms with Gasteiger partial charge in [-0.1, -0.05) is 27.2 Å². The topological polar surface area (TPSA) is 29.9 Å². The number of aromatic nitrogens is 2. The van der Waals surface area contributed by atoms with Crippen LogP contribution >= 0.6 is 0 Å². The van der Waals surface area contributed by atoms with E-state index < -0.39 is 0 Å². The summed E-state index contributed by atoms with van der Waals surface area (Å²) in [5, 5.41) is 8.27. The van der Waals surface area contributed by atoms with Gasteiger partial charge in [-0.25, -0.2) is 0 Å². The van der Waals surface area contributed by atoms with Crippen LogP contribution in [-0.2, 0) is 13.0 Å². The molecule has 0 spiro atoms. The van der Waals surface area contributed by atoms with Crippen LogP contribution in [0.3, 0.4) is 0 Å². The Hall–Kier alpha value is -0.830. The van der Waals surface area contributed by atoms with Crippen LogP contribution in [0.4, 0.5) is 0 Å². The summed E-state index contributed by atoms with van der Waals surface area (Å²) in [6, 6.07) is 2.88. The van der Waals surface area contributed by atoms with Crippen LogP contribution < -0.4 is 5.32 Å². The average molecular weight is 291 g/mol. The van der Waals surface area contributed by atoms with E-state index in [9.17, 15) is 0 Å². The van der Waals surface area contributed by atoms with Gasteiger partial charge in [-0.05, 0) is 63.5 Å². The number of nitrogens with zero attached hydrogens (tertiary/aromatic N) is 2. The summed E-state index contributed by atoms with van der Waals surface area (Å²) in [4.78, 5) is 0. The molecule has 3 atom stereocenters. The van der Waals surface area contributed by atoms with Crippen molar-refractivity contribution in [3.8, 4) is 0 Å². The van der Waals surface area contributed by atoms with Crippen molar-refractivity contribution in [2.75, 3.05) is 6.54 Å². The third kappa shape index (κ3) is 4.57. The van der Waals surface area contributed by atoms with E-state index in [-0.39, 0.29) is 0 Å². The van der Waals surface area contributed by atoms with Gasteiger partial charge in [0.1, 0.15) is 0 Å². The molecule has 0 radical (unpaired) electrons. The van der Waals surface area contributed by atoms with Crippen LogP contribution in [0.1, 0.15) is 58.3 Å². The highest BCUT2D eigenvalue weighted by atomic mass is 15.3. The maximum absolute atomic E-state index is 4.61. The molecule has 1 heterocycles. The van der Waals surface area contributed by atoms with Crippen molar-refractivity contribution in [3.63, 3.8) is 0 Å². The highest BCUT2D eigenvalue weighted by molar-refractivity contribution is 5.10. The van der Waals surface area contributed by atoms with Gasteiger partial charge in [-0.2, -0.15) is 5.10 Å². The molecule has 1 aromatic heterocycles. The summed E-state index contributed by atoms with van der Waals surface area (Å²) in [7, 11) is 0. The van der Waals surface area contributed by atoms with Crippen LogP contribution in [0, 0.1) is 24.7 Å². The summed E-state index contributed by atoms with van der Waals surface area (Å²) in [6.45, 7) is 13.4. The van der Waals surface area contributed by atoms with Gasteiger partial charge in [0.15, 0.2) is 0 Å². The average Bonchev–Trinajstić information content (AvgIpc) is 2.77. The minimum atomic E-state index is 0.591. The first kappa shape index (κ1) is 16.5. The van der Waals surface area contributed by atoms with Gasteiger partial charge in [0.2, 0.25) is 0 Å². The molecule has 1 aliphatic carbocycles. The molecule has 0 amide bonds. The molecule has 2 rings (SSSR count). The van der Waals surface area contributed by atoms with Gasteiger partial charge in [0.25, 0.3) is 0 Å². The molecule has 1 N–H and O–H groups in total. The summed E-state index contributed by atoms with van der Waals surface area (Å²) in [5.74, 6) is 2.51. The summed E-state index contributed by atoms with van der Waals surface area (Å²) >= 11 is 0. The van der Waals surface area contributed by atoms with E-state index in [2.05, 4.69) is 55.8 Å². The third-order valence-electron chi connectivity index (χ3n) is 4.95. The summed E-state index contributed by atoms with van der Waals surface area (Å²) < 4.78 is 2.20. The first-order valence-corrected chi connectivity index (χ1v) is 8.76. The van der Waals surface area contributed by atoms with E-state index in [0.29, 0.717) is 6.04 Å². The van der Waals surface area contributed by atoms with Crippen LogP contribution in [0.5, 0.6) is 0 Å². The third-order valence-corrected chi connectivity index (χ3v) is 4.95. The predicted octanol–water partition coefficient (Wildman–Crippen LogP) is 3.80. The quantitative estimate of drug-likeness (QED) is 0.864. The fraction of sp³-hybridized carbons (Fsp3) is 0.833. The second-order valence-electron chi connectivity index (χ2n) is 7.30. The smallest absolute Gasteiger partial charge is 0.0596 e. The van der Waals surface area contributed by atoms with Gasteiger partial charge in [0, 0.05) is 18.3 Å². The minimum absolute atomic E-state index is 0.591. The van der Waals surface area contributed by atoms with Gasteiger partial charge in [-0.3, -0.25) is 4.68 Å². The molecule has 0 aliphatic heterocycles. The summed E-state index contributed by atoms with van der Waals surface area (Å²) in [5.41, 5.74) is 2.59. The molecule has 21 heavy (non-hydrogen) atoms. The zero-order valence-corrected chi connectivity index (χ0v) is 14.5. The molecular weight excluding hydrogens is 258 g/mol. The molecule has 1 aliphatic rings. The first-order valence-electron chi connectivity index (χ1n) is 8.76. The molecule has 0 saturated heterocycles. The number of hydrogen-bond donors (Lipinski definition) is 1. The highest BCUT2D eigenvalue weighted by Gasteiger charge is 2.29. The monoisotopic (exact) mass is 291 g/mol. The zero-order chi connectivity index (χ0) is 15.4. The van der Waals surface area contributed by atoms with Crippen molar-refractivity contribution in [1.29, 1.82) is 0 Å². The zero-order valence-electron chi connectivity index (χ0n) is 14.5. The molecule has 1 saturated carbocycles. The summed E-state index contributed by atoms with van der Waals surface area (Å²) in [6.07, 6.45) is 5.35.